The summed E-state index contributed by atoms with van der Waals surface area (Å²) in [6.45, 7) is 30.4. The summed E-state index contributed by atoms with van der Waals surface area (Å²) in [5, 5.41) is 14.4. The van der Waals surface area contributed by atoms with Gasteiger partial charge in [0.2, 0.25) is 23.6 Å². The molecule has 4 atom stereocenters. The molecule has 0 spiro atoms. The third kappa shape index (κ3) is 42.3. The van der Waals surface area contributed by atoms with Crippen LogP contribution in [0.1, 0.15) is 231 Å². The van der Waals surface area contributed by atoms with Gasteiger partial charge in [-0.15, -0.1) is 0 Å². The summed E-state index contributed by atoms with van der Waals surface area (Å²) in [6, 6.07) is 20.4. The lowest BCUT2D eigenvalue weighted by molar-refractivity contribution is -0.163. The van der Waals surface area contributed by atoms with Crippen molar-refractivity contribution in [3.05, 3.63) is 81.4 Å². The minimum atomic E-state index is -0.935. The molecule has 26 nitrogen and oxygen atoms in total. The van der Waals surface area contributed by atoms with Crippen LogP contribution in [0.2, 0.25) is 0 Å². The van der Waals surface area contributed by atoms with Crippen molar-refractivity contribution in [3.8, 4) is 0 Å². The van der Waals surface area contributed by atoms with E-state index in [1.807, 2.05) is 149 Å². The second kappa shape index (κ2) is 48.6. The number of ketones is 2. The molecule has 648 valence electrons. The van der Waals surface area contributed by atoms with Crippen molar-refractivity contribution in [3.63, 3.8) is 0 Å². The fourth-order valence-electron chi connectivity index (χ4n) is 14.1. The molecule has 3 aromatic carbocycles. The standard InChI is InChI=1S/C89H137IN8O18/c1-85(2,3)112-77(103)43-40-69(84(110)116-89(13,14)15)56-71(99)55-68(83(109)111-16)28-18-17-19-30-74(100)73(54-64-34-37-65-26-20-21-27-67(65)53-64)94-81(107)66-38-32-63(33-39-66)57-92-82(108)72(93-75(101)31-24-25-62-35-41-70(90)42-36-62)29-22-23-44-91-76(102)58-95-45-47-96(59-78(104)113-86(4,5)6)49-51-98(61-80(106)115-88(10,11)12)52-50-97(48-46-95)60-79(105)114-87(7,8)9/h20-21,26-27,34-37,41-42,53,63,66,68-69,72-73H,17-19,22-25,28-33,38-40,43-52,54-61H2,1-16H3,(H,91,102)(H,92,108)(H,93,101)(H,94,107)/t63?,66?,68-,69-,72-,73+/m1/s1. The van der Waals surface area contributed by atoms with Crippen molar-refractivity contribution in [2.24, 2.45) is 23.7 Å². The summed E-state index contributed by atoms with van der Waals surface area (Å²) >= 11 is 2.25. The number of benzene rings is 3. The number of amides is 4. The van der Waals surface area contributed by atoms with Crippen LogP contribution in [0.25, 0.3) is 10.8 Å². The Bertz CT molecular complexity index is 3630. The average Bonchev–Trinajstić information content (AvgIpc) is 0.831. The predicted octanol–water partition coefficient (Wildman–Crippen LogP) is 11.2. The molecular formula is C89H137IN8O18. The Labute approximate surface area is 703 Å². The Morgan fingerprint density at radius 3 is 1.45 bits per heavy atom. The number of unbranched alkanes of at least 4 members (excludes halogenated alkanes) is 3. The molecule has 1 saturated carbocycles. The van der Waals surface area contributed by atoms with Crippen LogP contribution in [0.5, 0.6) is 0 Å². The number of nitrogens with one attached hydrogen (secondary N) is 4. The molecule has 4 N–H and O–H groups in total. The van der Waals surface area contributed by atoms with Gasteiger partial charge in [0.05, 0.1) is 51.2 Å². The minimum absolute atomic E-state index is 0.0000677. The molecule has 0 radical (unpaired) electrons. The molecular weight excluding hydrogens is 1600 g/mol. The summed E-state index contributed by atoms with van der Waals surface area (Å²) in [5.74, 6) is -6.49. The van der Waals surface area contributed by atoms with E-state index >= 15 is 0 Å². The lowest BCUT2D eigenvalue weighted by atomic mass is 9.81. The van der Waals surface area contributed by atoms with Crippen LogP contribution in [-0.2, 0) is 98.8 Å². The third-order valence-electron chi connectivity index (χ3n) is 19.8. The monoisotopic (exact) mass is 1730 g/mol. The van der Waals surface area contributed by atoms with E-state index in [-0.39, 0.29) is 118 Å². The summed E-state index contributed by atoms with van der Waals surface area (Å²) in [4.78, 5) is 171. The van der Waals surface area contributed by atoms with E-state index in [1.165, 1.54) is 7.11 Å². The molecule has 0 bridgehead atoms. The van der Waals surface area contributed by atoms with Crippen molar-refractivity contribution in [2.45, 2.75) is 272 Å². The summed E-state index contributed by atoms with van der Waals surface area (Å²) in [5.41, 5.74) is -1.72. The number of nitrogens with zero attached hydrogens (tertiary/aromatic N) is 4. The summed E-state index contributed by atoms with van der Waals surface area (Å²) < 4.78 is 34.4. The van der Waals surface area contributed by atoms with E-state index in [9.17, 15) is 57.5 Å². The number of aryl methyl sites for hydroxylation is 1. The number of halogens is 1. The first-order chi connectivity index (χ1) is 54.3. The SMILES string of the molecule is COC(=O)[C@H](CCCCCC(=O)[C@H](Cc1ccc2ccccc2c1)NC(=O)C1CCC(CNC(=O)[C@@H](CCCCNC(=O)CN2CCN(CC(=O)OC(C)(C)C)CCN(CC(=O)OC(C)(C)C)CCN(CC(=O)OC(C)(C)C)CC2)NC(=O)CCCc2ccc(I)cc2)CC1)CC(=O)C[C@@H](CCC(=O)OC(C)(C)C)C(=O)OC(C)(C)C. The van der Waals surface area contributed by atoms with Crippen LogP contribution in [0, 0.1) is 27.2 Å². The number of esters is 6. The highest BCUT2D eigenvalue weighted by Crippen LogP contribution is 2.30. The molecule has 1 heterocycles. The number of ether oxygens (including phenoxy) is 6. The number of carbonyl (C=O) groups excluding carboxylic acids is 12. The molecule has 116 heavy (non-hydrogen) atoms. The first kappa shape index (κ1) is 99.1. The van der Waals surface area contributed by atoms with Crippen molar-refractivity contribution in [2.75, 3.05) is 98.7 Å². The predicted molar refractivity (Wildman–Crippen MR) is 454 cm³/mol. The number of methoxy groups -OCH3 is 1. The van der Waals surface area contributed by atoms with Gasteiger partial charge in [-0.25, -0.2) is 0 Å². The Morgan fingerprint density at radius 1 is 0.448 bits per heavy atom. The molecule has 1 saturated heterocycles. The van der Waals surface area contributed by atoms with Crippen LogP contribution in [0.4, 0.5) is 0 Å². The molecule has 5 rings (SSSR count). The van der Waals surface area contributed by atoms with Gasteiger partial charge in [0.15, 0.2) is 5.78 Å². The van der Waals surface area contributed by atoms with E-state index in [4.69, 9.17) is 28.4 Å². The average molecular weight is 1730 g/mol. The van der Waals surface area contributed by atoms with Crippen LogP contribution in [0.15, 0.2) is 66.7 Å². The number of carbonyl (C=O) groups is 12. The van der Waals surface area contributed by atoms with Gasteiger partial charge in [0, 0.05) is 107 Å². The van der Waals surface area contributed by atoms with Crippen LogP contribution < -0.4 is 21.3 Å². The lowest BCUT2D eigenvalue weighted by Gasteiger charge is -2.34. The minimum Gasteiger partial charge on any atom is -0.469 e. The maximum Gasteiger partial charge on any atom is 0.320 e. The second-order valence-corrected chi connectivity index (χ2v) is 37.6. The molecule has 2 fully saturated rings. The van der Waals surface area contributed by atoms with Gasteiger partial charge < -0.3 is 49.7 Å². The lowest BCUT2D eigenvalue weighted by Crippen LogP contribution is -2.50. The molecule has 0 unspecified atom stereocenters. The molecule has 4 amide bonds. The Balaban J connectivity index is 1.19. The smallest absolute Gasteiger partial charge is 0.320 e. The van der Waals surface area contributed by atoms with Crippen molar-refractivity contribution in [1.29, 1.82) is 0 Å². The van der Waals surface area contributed by atoms with Gasteiger partial charge >= 0.3 is 35.8 Å². The number of hydrogen-bond donors (Lipinski definition) is 4. The Hall–Kier alpha value is -7.47. The van der Waals surface area contributed by atoms with Gasteiger partial charge in [-0.1, -0.05) is 67.4 Å². The molecule has 0 aromatic heterocycles. The zero-order chi connectivity index (χ0) is 86.0. The highest BCUT2D eigenvalue weighted by molar-refractivity contribution is 14.1. The van der Waals surface area contributed by atoms with Crippen LogP contribution >= 0.6 is 22.6 Å². The zero-order valence-electron chi connectivity index (χ0n) is 72.4. The van der Waals surface area contributed by atoms with Crippen molar-refractivity contribution >= 4 is 104 Å². The van der Waals surface area contributed by atoms with Crippen LogP contribution in [0.3, 0.4) is 0 Å². The number of fused-ring (bicyclic) bond motifs is 1. The van der Waals surface area contributed by atoms with Gasteiger partial charge in [-0.3, -0.25) is 77.1 Å². The van der Waals surface area contributed by atoms with Crippen molar-refractivity contribution < 1.29 is 86.0 Å². The fourth-order valence-corrected chi connectivity index (χ4v) is 14.5. The van der Waals surface area contributed by atoms with E-state index in [0.29, 0.717) is 149 Å². The van der Waals surface area contributed by atoms with E-state index in [0.717, 1.165) is 25.5 Å². The van der Waals surface area contributed by atoms with Crippen LogP contribution in [-0.4, -0.2) is 229 Å². The quantitative estimate of drug-likeness (QED) is 0.0177. The molecule has 1 aliphatic carbocycles. The Kier molecular flexibility index (Phi) is 41.5. The summed E-state index contributed by atoms with van der Waals surface area (Å²) in [6.07, 6.45) is 6.79. The number of Topliss-reactive ketones (excluding diaryl/α,β-unsaturated/α-hetero) is 2. The third-order valence-corrected chi connectivity index (χ3v) is 20.6. The molecule has 27 heteroatoms. The first-order valence-corrected chi connectivity index (χ1v) is 42.9. The maximum absolute atomic E-state index is 14.4. The Morgan fingerprint density at radius 2 is 0.931 bits per heavy atom. The molecule has 2 aliphatic rings. The number of rotatable bonds is 41. The van der Waals surface area contributed by atoms with E-state index in [2.05, 4.69) is 43.9 Å². The largest absolute Gasteiger partial charge is 0.469 e. The second-order valence-electron chi connectivity index (χ2n) is 36.3. The topological polar surface area (TPSA) is 321 Å². The van der Waals surface area contributed by atoms with Crippen molar-refractivity contribution in [1.82, 2.24) is 40.9 Å². The maximum atomic E-state index is 14.4. The van der Waals surface area contributed by atoms with Gasteiger partial charge in [-0.2, -0.15) is 0 Å². The number of hydrogen-bond acceptors (Lipinski definition) is 22. The van der Waals surface area contributed by atoms with Gasteiger partial charge in [0.25, 0.3) is 0 Å². The molecule has 1 aliphatic heterocycles. The first-order valence-electron chi connectivity index (χ1n) is 41.8. The van der Waals surface area contributed by atoms with Gasteiger partial charge in [0.1, 0.15) is 39.8 Å². The normalized spacial score (nSPS) is 17.1. The van der Waals surface area contributed by atoms with E-state index in [1.54, 1.807) is 41.5 Å². The zero-order valence-corrected chi connectivity index (χ0v) is 74.5. The molecule has 3 aromatic rings. The van der Waals surface area contributed by atoms with Gasteiger partial charge in [-0.05, 0) is 250 Å². The fraction of sp³-hybridized carbons (Fsp3) is 0.685. The highest BCUT2D eigenvalue weighted by Gasteiger charge is 2.35. The van der Waals surface area contributed by atoms with E-state index < -0.39 is 87.7 Å². The summed E-state index contributed by atoms with van der Waals surface area (Å²) in [7, 11) is 1.25. The highest BCUT2D eigenvalue weighted by atomic mass is 127.